The molecule has 0 saturated carbocycles. The van der Waals surface area contributed by atoms with Crippen molar-refractivity contribution in [1.29, 1.82) is 0 Å². The van der Waals surface area contributed by atoms with E-state index in [-0.39, 0.29) is 0 Å². The van der Waals surface area contributed by atoms with E-state index in [1.165, 1.54) is 218 Å². The van der Waals surface area contributed by atoms with Crippen LogP contribution in [0.3, 0.4) is 0 Å². The van der Waals surface area contributed by atoms with Crippen LogP contribution in [0.5, 0.6) is 0 Å². The van der Waals surface area contributed by atoms with Crippen molar-refractivity contribution in [3.05, 3.63) is 0 Å². The Morgan fingerprint density at radius 2 is 0.500 bits per heavy atom. The highest BCUT2D eigenvalue weighted by atomic mass is 16.5. The van der Waals surface area contributed by atoms with Gasteiger partial charge in [-0.25, -0.2) is 0 Å². The number of rotatable bonds is 36. The van der Waals surface area contributed by atoms with Gasteiger partial charge in [0.25, 0.3) is 0 Å². The zero-order valence-corrected chi connectivity index (χ0v) is 28.7. The first-order chi connectivity index (χ1) is 19.8. The van der Waals surface area contributed by atoms with E-state index < -0.39 is 0 Å². The van der Waals surface area contributed by atoms with Crippen molar-refractivity contribution in [3.8, 4) is 0 Å². The van der Waals surface area contributed by atoms with Gasteiger partial charge in [0.05, 0.1) is 6.10 Å². The highest BCUT2D eigenvalue weighted by Crippen LogP contribution is 2.19. The number of unbranched alkanes of at least 4 members (excludes halogenated alkanes) is 29. The maximum atomic E-state index is 6.44. The van der Waals surface area contributed by atoms with Crippen LogP contribution in [-0.4, -0.2) is 12.7 Å². The second-order valence-electron chi connectivity index (χ2n) is 13.3. The lowest BCUT2D eigenvalue weighted by molar-refractivity contribution is 0.0357. The Kier molecular flexibility index (Phi) is 36.9. The summed E-state index contributed by atoms with van der Waals surface area (Å²) in [4.78, 5) is 0. The van der Waals surface area contributed by atoms with Gasteiger partial charge in [-0.2, -0.15) is 0 Å². The average molecular weight is 565 g/mol. The van der Waals surface area contributed by atoms with Crippen LogP contribution >= 0.6 is 0 Å². The molecule has 242 valence electrons. The van der Waals surface area contributed by atoms with Gasteiger partial charge in [-0.3, -0.25) is 0 Å². The maximum Gasteiger partial charge on any atom is 0.0575 e. The lowest BCUT2D eigenvalue weighted by atomic mass is 10.0. The van der Waals surface area contributed by atoms with Gasteiger partial charge >= 0.3 is 0 Å². The van der Waals surface area contributed by atoms with E-state index in [1.54, 1.807) is 0 Å². The van der Waals surface area contributed by atoms with Crippen molar-refractivity contribution in [3.63, 3.8) is 0 Å². The monoisotopic (exact) mass is 565 g/mol. The Morgan fingerprint density at radius 1 is 0.275 bits per heavy atom. The molecule has 0 spiro atoms. The molecule has 1 unspecified atom stereocenters. The van der Waals surface area contributed by atoms with Crippen LogP contribution in [0.2, 0.25) is 0 Å². The van der Waals surface area contributed by atoms with Gasteiger partial charge in [0, 0.05) is 6.61 Å². The molecule has 40 heavy (non-hydrogen) atoms. The largest absolute Gasteiger partial charge is 0.378 e. The molecule has 0 aromatic heterocycles. The summed E-state index contributed by atoms with van der Waals surface area (Å²) in [5.41, 5.74) is 0. The molecule has 0 aliphatic carbocycles. The molecule has 0 aromatic carbocycles. The van der Waals surface area contributed by atoms with Crippen molar-refractivity contribution in [2.24, 2.45) is 0 Å². The minimum Gasteiger partial charge on any atom is -0.378 e. The Hall–Kier alpha value is -0.0400. The number of hydrogen-bond acceptors (Lipinski definition) is 1. The molecule has 0 heterocycles. The van der Waals surface area contributed by atoms with E-state index in [1.807, 2.05) is 0 Å². The first-order valence-corrected chi connectivity index (χ1v) is 19.5. The van der Waals surface area contributed by atoms with Gasteiger partial charge in [0.15, 0.2) is 0 Å². The van der Waals surface area contributed by atoms with E-state index in [0.29, 0.717) is 6.10 Å². The van der Waals surface area contributed by atoms with Crippen molar-refractivity contribution in [2.75, 3.05) is 6.61 Å². The molecule has 0 N–H and O–H groups in total. The second kappa shape index (κ2) is 37.0. The summed E-state index contributed by atoms with van der Waals surface area (Å²) in [6.45, 7) is 7.93. The summed E-state index contributed by atoms with van der Waals surface area (Å²) in [5, 5.41) is 0. The fraction of sp³-hybridized carbons (Fsp3) is 1.00. The summed E-state index contributed by atoms with van der Waals surface area (Å²) in [6.07, 6.45) is 49.0. The molecule has 0 amide bonds. The molecular formula is C39H80O. The van der Waals surface area contributed by atoms with E-state index in [0.717, 1.165) is 6.61 Å². The number of hydrogen-bond donors (Lipinski definition) is 0. The Balaban J connectivity index is 3.74. The van der Waals surface area contributed by atoms with E-state index in [4.69, 9.17) is 4.74 Å². The minimum absolute atomic E-state index is 0.538. The Morgan fingerprint density at radius 3 is 0.775 bits per heavy atom. The van der Waals surface area contributed by atoms with Crippen LogP contribution in [0.25, 0.3) is 0 Å². The van der Waals surface area contributed by atoms with Gasteiger partial charge in [-0.05, 0) is 19.3 Å². The first kappa shape index (κ1) is 40.0. The van der Waals surface area contributed by atoms with Crippen LogP contribution in [0.15, 0.2) is 0 Å². The molecule has 0 bridgehead atoms. The van der Waals surface area contributed by atoms with Gasteiger partial charge in [-0.15, -0.1) is 0 Å². The smallest absolute Gasteiger partial charge is 0.0575 e. The summed E-state index contributed by atoms with van der Waals surface area (Å²) in [5.74, 6) is 0. The fourth-order valence-corrected chi connectivity index (χ4v) is 6.22. The molecule has 1 atom stereocenters. The molecule has 0 radical (unpaired) electrons. The first-order valence-electron chi connectivity index (χ1n) is 19.5. The molecular weight excluding hydrogens is 484 g/mol. The van der Waals surface area contributed by atoms with Crippen LogP contribution in [-0.2, 0) is 4.74 Å². The van der Waals surface area contributed by atoms with Crippen LogP contribution in [0, 0.1) is 0 Å². The summed E-state index contributed by atoms with van der Waals surface area (Å²) >= 11 is 0. The topological polar surface area (TPSA) is 9.23 Å². The predicted octanol–water partition coefficient (Wildman–Crippen LogP) is 14.7. The quantitative estimate of drug-likeness (QED) is 0.0687. The maximum absolute atomic E-state index is 6.44. The molecule has 0 fully saturated rings. The predicted molar refractivity (Wildman–Crippen MR) is 184 cm³/mol. The lowest BCUT2D eigenvalue weighted by Crippen LogP contribution is -2.14. The molecule has 0 aliphatic heterocycles. The molecule has 0 aliphatic rings. The highest BCUT2D eigenvalue weighted by Gasteiger charge is 2.09. The Labute approximate surface area is 256 Å². The lowest BCUT2D eigenvalue weighted by Gasteiger charge is -2.18. The standard InChI is InChI=1S/C39H80O/c1-4-7-10-13-15-17-19-21-22-23-25-27-29-31-34-37-39(40-38-35-32-12-9-6-3)36-33-30-28-26-24-20-18-16-14-11-8-5-2/h39H,4-38H2,1-3H3. The SMILES string of the molecule is CCCCCCCCCCCCCCCCCC(CCCCCCCCCCCCCC)OCCCCCCC. The van der Waals surface area contributed by atoms with E-state index in [9.17, 15) is 0 Å². The fourth-order valence-electron chi connectivity index (χ4n) is 6.22. The van der Waals surface area contributed by atoms with Gasteiger partial charge in [-0.1, -0.05) is 220 Å². The van der Waals surface area contributed by atoms with Crippen LogP contribution in [0.4, 0.5) is 0 Å². The zero-order valence-electron chi connectivity index (χ0n) is 28.7. The van der Waals surface area contributed by atoms with E-state index >= 15 is 0 Å². The number of ether oxygens (including phenoxy) is 1. The van der Waals surface area contributed by atoms with E-state index in [2.05, 4.69) is 20.8 Å². The second-order valence-corrected chi connectivity index (χ2v) is 13.3. The third-order valence-corrected chi connectivity index (χ3v) is 9.11. The Bertz CT molecular complexity index is 419. The summed E-state index contributed by atoms with van der Waals surface area (Å²) in [7, 11) is 0. The molecule has 1 nitrogen and oxygen atoms in total. The van der Waals surface area contributed by atoms with Gasteiger partial charge in [0.2, 0.25) is 0 Å². The molecule has 1 heteroatoms. The summed E-state index contributed by atoms with van der Waals surface area (Å²) < 4.78 is 6.44. The normalized spacial score (nSPS) is 12.4. The van der Waals surface area contributed by atoms with Crippen molar-refractivity contribution < 1.29 is 4.74 Å². The van der Waals surface area contributed by atoms with Crippen molar-refractivity contribution in [2.45, 2.75) is 245 Å². The van der Waals surface area contributed by atoms with Gasteiger partial charge < -0.3 is 4.74 Å². The minimum atomic E-state index is 0.538. The van der Waals surface area contributed by atoms with Crippen LogP contribution in [0.1, 0.15) is 239 Å². The van der Waals surface area contributed by atoms with Gasteiger partial charge in [0.1, 0.15) is 0 Å². The summed E-state index contributed by atoms with van der Waals surface area (Å²) in [6, 6.07) is 0. The highest BCUT2D eigenvalue weighted by molar-refractivity contribution is 4.61. The van der Waals surface area contributed by atoms with Crippen molar-refractivity contribution >= 4 is 0 Å². The van der Waals surface area contributed by atoms with Crippen LogP contribution < -0.4 is 0 Å². The average Bonchev–Trinajstić information content (AvgIpc) is 2.97. The third kappa shape index (κ3) is 34.2. The zero-order chi connectivity index (χ0) is 29.0. The molecule has 0 rings (SSSR count). The van der Waals surface area contributed by atoms with Crippen molar-refractivity contribution in [1.82, 2.24) is 0 Å². The molecule has 0 aromatic rings. The molecule has 0 saturated heterocycles. The third-order valence-electron chi connectivity index (χ3n) is 9.11.